The summed E-state index contributed by atoms with van der Waals surface area (Å²) in [7, 11) is 1.96. The lowest BCUT2D eigenvalue weighted by Gasteiger charge is -2.18. The van der Waals surface area contributed by atoms with E-state index in [-0.39, 0.29) is 6.04 Å². The first-order valence-corrected chi connectivity index (χ1v) is 8.16. The van der Waals surface area contributed by atoms with E-state index in [2.05, 4.69) is 34.6 Å². The van der Waals surface area contributed by atoms with Gasteiger partial charge in [0.1, 0.15) is 12.1 Å². The third-order valence-corrected chi connectivity index (χ3v) is 4.22. The monoisotopic (exact) mass is 306 g/mol. The average Bonchev–Trinajstić information content (AvgIpc) is 2.90. The maximum atomic E-state index is 5.49. The molecule has 114 valence electrons. The molecule has 6 heteroatoms. The van der Waals surface area contributed by atoms with Crippen molar-refractivity contribution in [1.29, 1.82) is 0 Å². The summed E-state index contributed by atoms with van der Waals surface area (Å²) in [6.45, 7) is 5.73. The Morgan fingerprint density at radius 3 is 2.62 bits per heavy atom. The zero-order chi connectivity index (χ0) is 15.1. The Morgan fingerprint density at radius 2 is 2.05 bits per heavy atom. The zero-order valence-electron chi connectivity index (χ0n) is 12.7. The first-order chi connectivity index (χ1) is 10.2. The summed E-state index contributed by atoms with van der Waals surface area (Å²) < 4.78 is 7.42. The van der Waals surface area contributed by atoms with Gasteiger partial charge in [-0.05, 0) is 31.2 Å². The first kappa shape index (κ1) is 15.9. The van der Waals surface area contributed by atoms with Gasteiger partial charge in [-0.15, -0.1) is 10.2 Å². The number of rotatable bonds is 8. The lowest BCUT2D eigenvalue weighted by Crippen LogP contribution is -2.23. The summed E-state index contributed by atoms with van der Waals surface area (Å²) >= 11 is 1.71. The van der Waals surface area contributed by atoms with Crippen LogP contribution in [0, 0.1) is 0 Å². The molecule has 0 saturated carbocycles. The number of nitrogens with one attached hydrogen (secondary N) is 1. The van der Waals surface area contributed by atoms with Gasteiger partial charge < -0.3 is 14.6 Å². The molecule has 21 heavy (non-hydrogen) atoms. The molecule has 1 aromatic carbocycles. The number of aryl methyl sites for hydroxylation is 1. The van der Waals surface area contributed by atoms with E-state index in [4.69, 9.17) is 4.74 Å². The van der Waals surface area contributed by atoms with Crippen LogP contribution in [0.2, 0.25) is 0 Å². The van der Waals surface area contributed by atoms with Crippen molar-refractivity contribution in [1.82, 2.24) is 20.1 Å². The normalized spacial score (nSPS) is 12.3. The highest BCUT2D eigenvalue weighted by Gasteiger charge is 2.12. The van der Waals surface area contributed by atoms with Gasteiger partial charge in [-0.3, -0.25) is 0 Å². The molecule has 0 aliphatic rings. The molecule has 2 rings (SSSR count). The highest BCUT2D eigenvalue weighted by atomic mass is 32.2. The van der Waals surface area contributed by atoms with Gasteiger partial charge in [-0.25, -0.2) is 0 Å². The van der Waals surface area contributed by atoms with Gasteiger partial charge in [0.2, 0.25) is 0 Å². The largest absolute Gasteiger partial charge is 0.494 e. The molecule has 0 aliphatic carbocycles. The van der Waals surface area contributed by atoms with E-state index in [1.165, 1.54) is 5.56 Å². The number of aromatic nitrogens is 3. The Bertz CT molecular complexity index is 541. The zero-order valence-corrected chi connectivity index (χ0v) is 13.6. The molecule has 2 aromatic rings. The van der Waals surface area contributed by atoms with Gasteiger partial charge in [-0.1, -0.05) is 30.8 Å². The second kappa shape index (κ2) is 8.05. The minimum atomic E-state index is 0.285. The van der Waals surface area contributed by atoms with Crippen LogP contribution in [0.4, 0.5) is 0 Å². The van der Waals surface area contributed by atoms with E-state index in [1.807, 2.05) is 30.7 Å². The Kier molecular flexibility index (Phi) is 6.07. The van der Waals surface area contributed by atoms with Crippen molar-refractivity contribution >= 4 is 11.8 Å². The Hall–Kier alpha value is -1.53. The quantitative estimate of drug-likeness (QED) is 0.760. The third-order valence-electron chi connectivity index (χ3n) is 3.09. The van der Waals surface area contributed by atoms with Crippen LogP contribution < -0.4 is 10.1 Å². The van der Waals surface area contributed by atoms with Crippen LogP contribution in [-0.2, 0) is 7.05 Å². The molecule has 0 aliphatic heterocycles. The van der Waals surface area contributed by atoms with Gasteiger partial charge in [0.15, 0.2) is 5.16 Å². The summed E-state index contributed by atoms with van der Waals surface area (Å²) in [5.74, 6) is 1.83. The van der Waals surface area contributed by atoms with Crippen molar-refractivity contribution in [3.63, 3.8) is 0 Å². The van der Waals surface area contributed by atoms with Gasteiger partial charge in [0.05, 0.1) is 6.61 Å². The van der Waals surface area contributed by atoms with Gasteiger partial charge >= 0.3 is 0 Å². The smallest absolute Gasteiger partial charge is 0.190 e. The minimum absolute atomic E-state index is 0.285. The molecule has 0 radical (unpaired) electrons. The number of thioether (sulfide) groups is 1. The molecule has 0 saturated heterocycles. The molecule has 5 nitrogen and oxygen atoms in total. The maximum absolute atomic E-state index is 5.49. The topological polar surface area (TPSA) is 52.0 Å². The van der Waals surface area contributed by atoms with Crippen LogP contribution in [-0.4, -0.2) is 33.7 Å². The predicted octanol–water partition coefficient (Wildman–Crippen LogP) is 2.66. The summed E-state index contributed by atoms with van der Waals surface area (Å²) in [5.41, 5.74) is 1.26. The van der Waals surface area contributed by atoms with Gasteiger partial charge in [0, 0.05) is 18.8 Å². The van der Waals surface area contributed by atoms with Crippen molar-refractivity contribution in [2.75, 3.05) is 18.9 Å². The first-order valence-electron chi connectivity index (χ1n) is 7.17. The van der Waals surface area contributed by atoms with Gasteiger partial charge in [0.25, 0.3) is 0 Å². The molecular weight excluding hydrogens is 284 g/mol. The van der Waals surface area contributed by atoms with Crippen LogP contribution in [0.15, 0.2) is 35.7 Å². The lowest BCUT2D eigenvalue weighted by molar-refractivity contribution is 0.340. The minimum Gasteiger partial charge on any atom is -0.494 e. The van der Waals surface area contributed by atoms with Crippen molar-refractivity contribution < 1.29 is 4.74 Å². The molecule has 1 unspecified atom stereocenters. The molecule has 0 amide bonds. The standard InChI is InChI=1S/C15H22N4OS/c1-4-16-14(10-21-15-18-17-11-19(15)3)12-6-8-13(9-7-12)20-5-2/h6-9,11,14,16H,4-5,10H2,1-3H3. The summed E-state index contributed by atoms with van der Waals surface area (Å²) in [6.07, 6.45) is 1.72. The second-order valence-corrected chi connectivity index (χ2v) is 5.63. The SMILES string of the molecule is CCNC(CSc1nncn1C)c1ccc(OCC)cc1. The van der Waals surface area contributed by atoms with Crippen molar-refractivity contribution in [3.8, 4) is 5.75 Å². The van der Waals surface area contributed by atoms with Crippen LogP contribution in [0.25, 0.3) is 0 Å². The fourth-order valence-electron chi connectivity index (χ4n) is 2.04. The maximum Gasteiger partial charge on any atom is 0.190 e. The summed E-state index contributed by atoms with van der Waals surface area (Å²) in [4.78, 5) is 0. The second-order valence-electron chi connectivity index (χ2n) is 4.65. The Morgan fingerprint density at radius 1 is 1.29 bits per heavy atom. The van der Waals surface area contributed by atoms with Crippen molar-refractivity contribution in [2.45, 2.75) is 25.0 Å². The van der Waals surface area contributed by atoms with Crippen LogP contribution >= 0.6 is 11.8 Å². The molecule has 0 fully saturated rings. The average molecular weight is 306 g/mol. The van der Waals surface area contributed by atoms with E-state index >= 15 is 0 Å². The summed E-state index contributed by atoms with van der Waals surface area (Å²) in [5, 5.41) is 12.5. The molecule has 1 aromatic heterocycles. The predicted molar refractivity (Wildman–Crippen MR) is 85.8 cm³/mol. The number of hydrogen-bond donors (Lipinski definition) is 1. The van der Waals surface area contributed by atoms with E-state index in [1.54, 1.807) is 18.1 Å². The highest BCUT2D eigenvalue weighted by Crippen LogP contribution is 2.24. The molecular formula is C15H22N4OS. The summed E-state index contributed by atoms with van der Waals surface area (Å²) in [6, 6.07) is 8.57. The molecule has 1 atom stereocenters. The number of hydrogen-bond acceptors (Lipinski definition) is 5. The van der Waals surface area contributed by atoms with E-state index in [0.717, 1.165) is 23.2 Å². The van der Waals surface area contributed by atoms with Crippen LogP contribution in [0.3, 0.4) is 0 Å². The molecule has 0 spiro atoms. The van der Waals surface area contributed by atoms with Crippen LogP contribution in [0.1, 0.15) is 25.5 Å². The number of ether oxygens (including phenoxy) is 1. The third kappa shape index (κ3) is 4.47. The molecule has 0 bridgehead atoms. The van der Waals surface area contributed by atoms with Crippen molar-refractivity contribution in [3.05, 3.63) is 36.2 Å². The molecule has 1 N–H and O–H groups in total. The van der Waals surface area contributed by atoms with Crippen molar-refractivity contribution in [2.24, 2.45) is 7.05 Å². The molecule has 1 heterocycles. The highest BCUT2D eigenvalue weighted by molar-refractivity contribution is 7.99. The Labute approximate surface area is 130 Å². The number of benzene rings is 1. The van der Waals surface area contributed by atoms with Crippen LogP contribution in [0.5, 0.6) is 5.75 Å². The van der Waals surface area contributed by atoms with E-state index in [9.17, 15) is 0 Å². The fraction of sp³-hybridized carbons (Fsp3) is 0.467. The van der Waals surface area contributed by atoms with Gasteiger partial charge in [-0.2, -0.15) is 0 Å². The Balaban J connectivity index is 2.02. The van der Waals surface area contributed by atoms with E-state index < -0.39 is 0 Å². The van der Waals surface area contributed by atoms with E-state index in [0.29, 0.717) is 6.61 Å². The lowest BCUT2D eigenvalue weighted by atomic mass is 10.1. The number of nitrogens with zero attached hydrogens (tertiary/aromatic N) is 3. The fourth-order valence-corrected chi connectivity index (χ4v) is 3.03.